The van der Waals surface area contributed by atoms with Crippen LogP contribution in [0.4, 0.5) is 5.82 Å². The topological polar surface area (TPSA) is 66.3 Å². The zero-order valence-electron chi connectivity index (χ0n) is 13.0. The van der Waals surface area contributed by atoms with Gasteiger partial charge in [0.2, 0.25) is 0 Å². The van der Waals surface area contributed by atoms with Gasteiger partial charge >= 0.3 is 5.97 Å². The van der Waals surface area contributed by atoms with E-state index in [0.717, 1.165) is 54.1 Å². The fourth-order valence-corrected chi connectivity index (χ4v) is 3.92. The standard InChI is InChI=1S/C16H21N3O2S/c1-3-11-8-12-14(17-13(4-2)18-15(12)22-11)19-7-5-6-10(9-19)16(20)21/h8,10H,3-7,9H2,1-2H3,(H,20,21)/t10-/m0/s1. The molecule has 0 saturated carbocycles. The molecule has 1 atom stereocenters. The summed E-state index contributed by atoms with van der Waals surface area (Å²) in [5.41, 5.74) is 0. The lowest BCUT2D eigenvalue weighted by atomic mass is 9.98. The Bertz CT molecular complexity index is 698. The molecule has 1 fully saturated rings. The number of fused-ring (bicyclic) bond motifs is 1. The Labute approximate surface area is 134 Å². The summed E-state index contributed by atoms with van der Waals surface area (Å²) < 4.78 is 0. The molecule has 118 valence electrons. The van der Waals surface area contributed by atoms with Gasteiger partial charge < -0.3 is 10.0 Å². The van der Waals surface area contributed by atoms with Crippen LogP contribution in [-0.4, -0.2) is 34.1 Å². The first kappa shape index (κ1) is 15.2. The van der Waals surface area contributed by atoms with Gasteiger partial charge in [0.25, 0.3) is 0 Å². The molecule has 0 aliphatic carbocycles. The van der Waals surface area contributed by atoms with Gasteiger partial charge in [-0.25, -0.2) is 9.97 Å². The molecule has 3 heterocycles. The molecule has 1 aliphatic heterocycles. The number of piperidine rings is 1. The minimum atomic E-state index is -0.703. The maximum absolute atomic E-state index is 11.3. The van der Waals surface area contributed by atoms with Crippen molar-refractivity contribution in [2.75, 3.05) is 18.0 Å². The summed E-state index contributed by atoms with van der Waals surface area (Å²) in [7, 11) is 0. The number of anilines is 1. The van der Waals surface area contributed by atoms with Gasteiger partial charge in [-0.15, -0.1) is 11.3 Å². The highest BCUT2D eigenvalue weighted by Gasteiger charge is 2.27. The summed E-state index contributed by atoms with van der Waals surface area (Å²) in [5.74, 6) is 0.756. The molecule has 1 aliphatic rings. The molecule has 1 saturated heterocycles. The third-order valence-corrected chi connectivity index (χ3v) is 5.38. The second-order valence-corrected chi connectivity index (χ2v) is 6.84. The van der Waals surface area contributed by atoms with Crippen LogP contribution in [0.15, 0.2) is 6.07 Å². The van der Waals surface area contributed by atoms with Crippen molar-refractivity contribution in [1.29, 1.82) is 0 Å². The first-order chi connectivity index (χ1) is 10.6. The first-order valence-corrected chi connectivity index (χ1v) is 8.71. The van der Waals surface area contributed by atoms with E-state index in [0.29, 0.717) is 6.54 Å². The van der Waals surface area contributed by atoms with E-state index in [2.05, 4.69) is 29.8 Å². The van der Waals surface area contributed by atoms with E-state index in [1.807, 2.05) is 0 Å². The van der Waals surface area contributed by atoms with Crippen LogP contribution in [0.1, 0.15) is 37.4 Å². The summed E-state index contributed by atoms with van der Waals surface area (Å²) in [6.45, 7) is 5.60. The van der Waals surface area contributed by atoms with Crippen molar-refractivity contribution in [2.45, 2.75) is 39.5 Å². The van der Waals surface area contributed by atoms with Crippen molar-refractivity contribution in [1.82, 2.24) is 9.97 Å². The fourth-order valence-electron chi connectivity index (χ4n) is 2.94. The Kier molecular flexibility index (Phi) is 4.29. The van der Waals surface area contributed by atoms with E-state index >= 15 is 0 Å². The van der Waals surface area contributed by atoms with E-state index in [9.17, 15) is 9.90 Å². The van der Waals surface area contributed by atoms with Gasteiger partial charge in [-0.1, -0.05) is 13.8 Å². The fraction of sp³-hybridized carbons (Fsp3) is 0.562. The lowest BCUT2D eigenvalue weighted by molar-refractivity contribution is -0.141. The predicted molar refractivity (Wildman–Crippen MR) is 88.7 cm³/mol. The summed E-state index contributed by atoms with van der Waals surface area (Å²) >= 11 is 1.72. The molecule has 0 aromatic carbocycles. The van der Waals surface area contributed by atoms with Crippen molar-refractivity contribution in [3.8, 4) is 0 Å². The number of carbonyl (C=O) groups is 1. The van der Waals surface area contributed by atoms with Gasteiger partial charge in [-0.05, 0) is 25.3 Å². The number of thiophene rings is 1. The third kappa shape index (κ3) is 2.79. The number of nitrogens with zero attached hydrogens (tertiary/aromatic N) is 3. The number of hydrogen-bond donors (Lipinski definition) is 1. The Morgan fingerprint density at radius 1 is 1.41 bits per heavy atom. The lowest BCUT2D eigenvalue weighted by Gasteiger charge is -2.32. The zero-order chi connectivity index (χ0) is 15.7. The highest BCUT2D eigenvalue weighted by Crippen LogP contribution is 2.33. The van der Waals surface area contributed by atoms with Crippen LogP contribution in [0, 0.1) is 5.92 Å². The molecule has 0 bridgehead atoms. The number of aryl methyl sites for hydroxylation is 2. The molecule has 0 radical (unpaired) electrons. The van der Waals surface area contributed by atoms with Gasteiger partial charge in [0.15, 0.2) is 0 Å². The molecule has 0 unspecified atom stereocenters. The van der Waals surface area contributed by atoms with Crippen LogP contribution in [0.25, 0.3) is 10.2 Å². The molecular weight excluding hydrogens is 298 g/mol. The highest BCUT2D eigenvalue weighted by molar-refractivity contribution is 7.18. The maximum Gasteiger partial charge on any atom is 0.308 e. The Morgan fingerprint density at radius 2 is 2.23 bits per heavy atom. The molecule has 0 spiro atoms. The Morgan fingerprint density at radius 3 is 2.91 bits per heavy atom. The smallest absolute Gasteiger partial charge is 0.308 e. The molecule has 2 aromatic heterocycles. The first-order valence-electron chi connectivity index (χ1n) is 7.89. The van der Waals surface area contributed by atoms with E-state index in [-0.39, 0.29) is 5.92 Å². The highest BCUT2D eigenvalue weighted by atomic mass is 32.1. The van der Waals surface area contributed by atoms with Crippen LogP contribution in [0.3, 0.4) is 0 Å². The maximum atomic E-state index is 11.3. The van der Waals surface area contributed by atoms with Crippen LogP contribution in [-0.2, 0) is 17.6 Å². The molecule has 22 heavy (non-hydrogen) atoms. The summed E-state index contributed by atoms with van der Waals surface area (Å²) in [4.78, 5) is 25.1. The molecular formula is C16H21N3O2S. The molecule has 2 aromatic rings. The van der Waals surface area contributed by atoms with Gasteiger partial charge in [0.1, 0.15) is 16.5 Å². The Balaban J connectivity index is 2.04. The minimum absolute atomic E-state index is 0.298. The van der Waals surface area contributed by atoms with E-state index in [1.165, 1.54) is 4.88 Å². The van der Waals surface area contributed by atoms with Crippen LogP contribution >= 0.6 is 11.3 Å². The van der Waals surface area contributed by atoms with E-state index < -0.39 is 5.97 Å². The van der Waals surface area contributed by atoms with Crippen molar-refractivity contribution >= 4 is 33.3 Å². The Hall–Kier alpha value is -1.69. The number of carboxylic acids is 1. The minimum Gasteiger partial charge on any atom is -0.481 e. The van der Waals surface area contributed by atoms with Crippen molar-refractivity contribution in [2.24, 2.45) is 5.92 Å². The SMILES string of the molecule is CCc1nc(N2CCC[C@H](C(=O)O)C2)c2cc(CC)sc2n1. The van der Waals surface area contributed by atoms with Gasteiger partial charge in [-0.3, -0.25) is 4.79 Å². The molecule has 3 rings (SSSR count). The lowest BCUT2D eigenvalue weighted by Crippen LogP contribution is -2.39. The quantitative estimate of drug-likeness (QED) is 0.938. The molecule has 5 nitrogen and oxygen atoms in total. The van der Waals surface area contributed by atoms with Crippen LogP contribution < -0.4 is 4.90 Å². The number of hydrogen-bond acceptors (Lipinski definition) is 5. The predicted octanol–water partition coefficient (Wildman–Crippen LogP) is 3.12. The number of aliphatic carboxylic acids is 1. The largest absolute Gasteiger partial charge is 0.481 e. The average Bonchev–Trinajstić information content (AvgIpc) is 2.97. The second kappa shape index (κ2) is 6.20. The van der Waals surface area contributed by atoms with Crippen molar-refractivity contribution in [3.05, 3.63) is 16.8 Å². The van der Waals surface area contributed by atoms with Crippen molar-refractivity contribution in [3.63, 3.8) is 0 Å². The number of rotatable bonds is 4. The van der Waals surface area contributed by atoms with E-state index in [4.69, 9.17) is 4.98 Å². The van der Waals surface area contributed by atoms with Crippen LogP contribution in [0.2, 0.25) is 0 Å². The number of carboxylic acid groups (broad SMARTS) is 1. The average molecular weight is 319 g/mol. The second-order valence-electron chi connectivity index (χ2n) is 5.73. The molecule has 0 amide bonds. The van der Waals surface area contributed by atoms with Crippen LogP contribution in [0.5, 0.6) is 0 Å². The zero-order valence-corrected chi connectivity index (χ0v) is 13.8. The van der Waals surface area contributed by atoms with Crippen molar-refractivity contribution < 1.29 is 9.90 Å². The van der Waals surface area contributed by atoms with E-state index in [1.54, 1.807) is 11.3 Å². The molecule has 1 N–H and O–H groups in total. The third-order valence-electron chi connectivity index (χ3n) is 4.20. The van der Waals surface area contributed by atoms with Gasteiger partial charge in [0.05, 0.1) is 11.3 Å². The van der Waals surface area contributed by atoms with Gasteiger partial charge in [0, 0.05) is 24.4 Å². The monoisotopic (exact) mass is 319 g/mol. The molecule has 6 heteroatoms. The number of aromatic nitrogens is 2. The summed E-state index contributed by atoms with van der Waals surface area (Å²) in [6, 6.07) is 2.17. The normalized spacial score (nSPS) is 18.8. The summed E-state index contributed by atoms with van der Waals surface area (Å²) in [6.07, 6.45) is 3.43. The van der Waals surface area contributed by atoms with Gasteiger partial charge in [-0.2, -0.15) is 0 Å². The summed E-state index contributed by atoms with van der Waals surface area (Å²) in [5, 5.41) is 10.4.